The lowest BCUT2D eigenvalue weighted by Gasteiger charge is -2.34. The molecule has 0 spiro atoms. The Kier molecular flexibility index (Phi) is 8.53. The molecule has 158 valence electrons. The maximum absolute atomic E-state index is 12.4. The normalized spacial score (nSPS) is 14.8. The van der Waals surface area contributed by atoms with E-state index in [2.05, 4.69) is 34.5 Å². The highest BCUT2D eigenvalue weighted by atomic mass is 32.2. The van der Waals surface area contributed by atoms with Gasteiger partial charge in [0.1, 0.15) is 0 Å². The summed E-state index contributed by atoms with van der Waals surface area (Å²) in [7, 11) is 0. The molecular formula is C24H29N3O2S. The van der Waals surface area contributed by atoms with Gasteiger partial charge < -0.3 is 10.2 Å². The first-order chi connectivity index (χ1) is 14.6. The van der Waals surface area contributed by atoms with Gasteiger partial charge in [-0.15, -0.1) is 11.8 Å². The van der Waals surface area contributed by atoms with Gasteiger partial charge in [-0.05, 0) is 30.2 Å². The topological polar surface area (TPSA) is 52.7 Å². The Morgan fingerprint density at radius 3 is 2.50 bits per heavy atom. The summed E-state index contributed by atoms with van der Waals surface area (Å²) in [4.78, 5) is 28.7. The van der Waals surface area contributed by atoms with Crippen molar-refractivity contribution in [3.63, 3.8) is 0 Å². The average molecular weight is 424 g/mol. The van der Waals surface area contributed by atoms with Crippen molar-refractivity contribution in [2.75, 3.05) is 49.5 Å². The third kappa shape index (κ3) is 7.35. The van der Waals surface area contributed by atoms with E-state index in [9.17, 15) is 9.59 Å². The molecule has 1 aliphatic rings. The van der Waals surface area contributed by atoms with Crippen molar-refractivity contribution in [1.82, 2.24) is 9.80 Å². The predicted octanol–water partition coefficient (Wildman–Crippen LogP) is 3.52. The molecule has 1 aliphatic heterocycles. The van der Waals surface area contributed by atoms with Crippen molar-refractivity contribution in [1.29, 1.82) is 0 Å². The van der Waals surface area contributed by atoms with Crippen molar-refractivity contribution in [2.24, 2.45) is 0 Å². The fourth-order valence-corrected chi connectivity index (χ4v) is 4.04. The van der Waals surface area contributed by atoms with Gasteiger partial charge in [-0.1, -0.05) is 54.6 Å². The first-order valence-corrected chi connectivity index (χ1v) is 11.4. The van der Waals surface area contributed by atoms with Crippen molar-refractivity contribution < 1.29 is 9.59 Å². The number of benzene rings is 2. The zero-order valence-corrected chi connectivity index (χ0v) is 18.2. The second kappa shape index (κ2) is 11.6. The summed E-state index contributed by atoms with van der Waals surface area (Å²) in [6, 6.07) is 18.0. The van der Waals surface area contributed by atoms with E-state index >= 15 is 0 Å². The third-order valence-corrected chi connectivity index (χ3v) is 5.88. The summed E-state index contributed by atoms with van der Waals surface area (Å²) >= 11 is 1.37. The minimum Gasteiger partial charge on any atom is -0.339 e. The highest BCUT2D eigenvalue weighted by Gasteiger charge is 2.20. The molecule has 1 fully saturated rings. The number of rotatable bonds is 8. The molecule has 5 nitrogen and oxygen atoms in total. The largest absolute Gasteiger partial charge is 0.339 e. The number of nitrogens with one attached hydrogen (secondary N) is 1. The van der Waals surface area contributed by atoms with Crippen molar-refractivity contribution >= 4 is 35.3 Å². The minimum absolute atomic E-state index is 0.0755. The van der Waals surface area contributed by atoms with E-state index in [-0.39, 0.29) is 17.6 Å². The molecule has 2 amide bonds. The standard InChI is InChI=1S/C24H29N3O2S/c1-20-7-5-11-22(17-20)25-23(28)18-30-19-24(29)27-15-13-26(14-16-27)12-6-10-21-8-3-2-4-9-21/h2-11,17H,12-16,18-19H2,1H3,(H,25,28)/b10-6+. The molecular weight excluding hydrogens is 394 g/mol. The van der Waals surface area contributed by atoms with Crippen LogP contribution >= 0.6 is 11.8 Å². The van der Waals surface area contributed by atoms with Gasteiger partial charge in [-0.25, -0.2) is 0 Å². The lowest BCUT2D eigenvalue weighted by Crippen LogP contribution is -2.49. The van der Waals surface area contributed by atoms with E-state index in [0.29, 0.717) is 5.75 Å². The van der Waals surface area contributed by atoms with Crippen molar-refractivity contribution in [3.8, 4) is 0 Å². The van der Waals surface area contributed by atoms with Gasteiger partial charge in [0.05, 0.1) is 11.5 Å². The van der Waals surface area contributed by atoms with Crippen molar-refractivity contribution in [2.45, 2.75) is 6.92 Å². The van der Waals surface area contributed by atoms with Crippen molar-refractivity contribution in [3.05, 3.63) is 71.8 Å². The van der Waals surface area contributed by atoms with Crippen LogP contribution < -0.4 is 5.32 Å². The summed E-state index contributed by atoms with van der Waals surface area (Å²) in [6.07, 6.45) is 4.31. The lowest BCUT2D eigenvalue weighted by molar-refractivity contribution is -0.130. The summed E-state index contributed by atoms with van der Waals surface area (Å²) in [5.41, 5.74) is 3.10. The molecule has 0 unspecified atom stereocenters. The number of thioether (sulfide) groups is 1. The molecule has 6 heteroatoms. The number of carbonyl (C=O) groups is 2. The molecule has 30 heavy (non-hydrogen) atoms. The van der Waals surface area contributed by atoms with Crippen LogP contribution in [0.25, 0.3) is 6.08 Å². The quantitative estimate of drug-likeness (QED) is 0.706. The molecule has 0 bridgehead atoms. The highest BCUT2D eigenvalue weighted by molar-refractivity contribution is 8.00. The fraction of sp³-hybridized carbons (Fsp3) is 0.333. The number of amides is 2. The maximum Gasteiger partial charge on any atom is 0.234 e. The molecule has 1 N–H and O–H groups in total. The summed E-state index contributed by atoms with van der Waals surface area (Å²) in [6.45, 7) is 6.13. The van der Waals surface area contributed by atoms with Crippen LogP contribution in [0.1, 0.15) is 11.1 Å². The number of anilines is 1. The van der Waals surface area contributed by atoms with E-state index in [0.717, 1.165) is 44.0 Å². The molecule has 0 aliphatic carbocycles. The van der Waals surface area contributed by atoms with Gasteiger partial charge in [0.15, 0.2) is 0 Å². The van der Waals surface area contributed by atoms with Crippen LogP contribution in [-0.2, 0) is 9.59 Å². The number of carbonyl (C=O) groups excluding carboxylic acids is 2. The molecule has 1 saturated heterocycles. The molecule has 0 saturated carbocycles. The zero-order chi connectivity index (χ0) is 21.2. The van der Waals surface area contributed by atoms with Gasteiger partial charge in [0.25, 0.3) is 0 Å². The monoisotopic (exact) mass is 423 g/mol. The second-order valence-corrected chi connectivity index (χ2v) is 8.39. The van der Waals surface area contributed by atoms with Gasteiger partial charge in [0.2, 0.25) is 11.8 Å². The number of piperazine rings is 1. The Morgan fingerprint density at radius 2 is 1.77 bits per heavy atom. The Labute approximate surface area is 183 Å². The average Bonchev–Trinajstić information content (AvgIpc) is 2.75. The second-order valence-electron chi connectivity index (χ2n) is 7.40. The van der Waals surface area contributed by atoms with Crippen LogP contribution in [0.3, 0.4) is 0 Å². The number of hydrogen-bond acceptors (Lipinski definition) is 4. The van der Waals surface area contributed by atoms with Gasteiger partial charge in [-0.2, -0.15) is 0 Å². The number of hydrogen-bond donors (Lipinski definition) is 1. The smallest absolute Gasteiger partial charge is 0.234 e. The Hall–Kier alpha value is -2.57. The highest BCUT2D eigenvalue weighted by Crippen LogP contribution is 2.12. The van der Waals surface area contributed by atoms with Crippen LogP contribution in [0.4, 0.5) is 5.69 Å². The SMILES string of the molecule is Cc1cccc(NC(=O)CSCC(=O)N2CCN(C/C=C/c3ccccc3)CC2)c1. The molecule has 2 aromatic rings. The lowest BCUT2D eigenvalue weighted by atomic mass is 10.2. The predicted molar refractivity (Wildman–Crippen MR) is 126 cm³/mol. The van der Waals surface area contributed by atoms with E-state index in [1.54, 1.807) is 0 Å². The third-order valence-electron chi connectivity index (χ3n) is 4.96. The van der Waals surface area contributed by atoms with Crippen LogP contribution in [0, 0.1) is 6.92 Å². The zero-order valence-electron chi connectivity index (χ0n) is 17.4. The summed E-state index contributed by atoms with van der Waals surface area (Å²) < 4.78 is 0. The van der Waals surface area contributed by atoms with E-state index < -0.39 is 0 Å². The minimum atomic E-state index is -0.0755. The molecule has 3 rings (SSSR count). The Balaban J connectivity index is 1.31. The Bertz CT molecular complexity index is 862. The van der Waals surface area contributed by atoms with Gasteiger partial charge in [-0.3, -0.25) is 14.5 Å². The van der Waals surface area contributed by atoms with Crippen LogP contribution in [0.2, 0.25) is 0 Å². The molecule has 2 aromatic carbocycles. The van der Waals surface area contributed by atoms with Gasteiger partial charge >= 0.3 is 0 Å². The van der Waals surface area contributed by atoms with E-state index in [4.69, 9.17) is 0 Å². The summed E-state index contributed by atoms with van der Waals surface area (Å²) in [5, 5.41) is 2.88. The molecule has 0 atom stereocenters. The molecule has 0 aromatic heterocycles. The van der Waals surface area contributed by atoms with Gasteiger partial charge in [0, 0.05) is 38.4 Å². The Morgan fingerprint density at radius 1 is 1.00 bits per heavy atom. The maximum atomic E-state index is 12.4. The van der Waals surface area contributed by atoms with Crippen LogP contribution in [-0.4, -0.2) is 65.8 Å². The first-order valence-electron chi connectivity index (χ1n) is 10.3. The summed E-state index contributed by atoms with van der Waals surface area (Å²) in [5.74, 6) is 0.662. The molecule has 1 heterocycles. The van der Waals surface area contributed by atoms with Crippen LogP contribution in [0.5, 0.6) is 0 Å². The number of nitrogens with zero attached hydrogens (tertiary/aromatic N) is 2. The first kappa shape index (κ1) is 22.1. The van der Waals surface area contributed by atoms with E-state index in [1.807, 2.05) is 54.3 Å². The fourth-order valence-electron chi connectivity index (χ4n) is 3.32. The molecule has 0 radical (unpaired) electrons. The van der Waals surface area contributed by atoms with E-state index in [1.165, 1.54) is 17.3 Å². The van der Waals surface area contributed by atoms with Crippen LogP contribution in [0.15, 0.2) is 60.7 Å². The number of aryl methyl sites for hydroxylation is 1.